The summed E-state index contributed by atoms with van der Waals surface area (Å²) in [6.45, 7) is 10.00. The van der Waals surface area contributed by atoms with Gasteiger partial charge in [0, 0.05) is 60.3 Å². The monoisotopic (exact) mass is 1080 g/mol. The number of fused-ring (bicyclic) bond motifs is 2. The molecule has 0 spiro atoms. The number of phenols is 1. The van der Waals surface area contributed by atoms with Crippen molar-refractivity contribution < 1.29 is 53.1 Å². The zero-order valence-corrected chi connectivity index (χ0v) is 45.0. The highest BCUT2D eigenvalue weighted by Gasteiger charge is 2.39. The lowest BCUT2D eigenvalue weighted by molar-refractivity contribution is -0.141. The van der Waals surface area contributed by atoms with Gasteiger partial charge in [-0.2, -0.15) is 0 Å². The molecule has 1 aromatic heterocycles. The van der Waals surface area contributed by atoms with Gasteiger partial charge in [-0.05, 0) is 73.8 Å². The third-order valence-electron chi connectivity index (χ3n) is 13.3. The maximum atomic E-state index is 14.7. The lowest BCUT2D eigenvalue weighted by Gasteiger charge is -2.29. The van der Waals surface area contributed by atoms with E-state index in [4.69, 9.17) is 5.73 Å². The van der Waals surface area contributed by atoms with Crippen LogP contribution in [0.4, 0.5) is 0 Å². The molecule has 2 saturated heterocycles. The van der Waals surface area contributed by atoms with E-state index in [1.165, 1.54) is 45.5 Å². The number of primary amides is 1. The van der Waals surface area contributed by atoms with Crippen LogP contribution in [0.5, 0.6) is 5.75 Å². The van der Waals surface area contributed by atoms with Crippen LogP contribution in [0.15, 0.2) is 54.7 Å². The first-order valence-electron chi connectivity index (χ1n) is 25.4. The average Bonchev–Trinajstić information content (AvgIpc) is 4.03. The molecule has 21 nitrogen and oxygen atoms in total. The number of phenolic OH excluding ortho intramolecular Hbond substituents is 1. The fourth-order valence-electron chi connectivity index (χ4n) is 8.82. The number of rotatable bonds is 18. The van der Waals surface area contributed by atoms with E-state index in [9.17, 15) is 53.1 Å². The second kappa shape index (κ2) is 28.3. The van der Waals surface area contributed by atoms with E-state index >= 15 is 0 Å². The van der Waals surface area contributed by atoms with Gasteiger partial charge in [-0.15, -0.1) is 0 Å². The highest BCUT2D eigenvalue weighted by Crippen LogP contribution is 2.28. The molecule has 75 heavy (non-hydrogen) atoms. The van der Waals surface area contributed by atoms with Crippen LogP contribution in [0, 0.1) is 17.8 Å². The van der Waals surface area contributed by atoms with Gasteiger partial charge in [0.15, 0.2) is 0 Å². The molecule has 0 radical (unpaired) electrons. The number of nitrogens with two attached hydrogens (primary N) is 1. The lowest BCUT2D eigenvalue weighted by Crippen LogP contribution is -2.61. The minimum Gasteiger partial charge on any atom is -0.508 e. The molecule has 23 heteroatoms. The number of carbonyl (C=O) groups excluding carboxylic acids is 10. The fraction of sp³-hybridized carbons (Fsp3) is 0.538. The predicted octanol–water partition coefficient (Wildman–Crippen LogP) is 1.65. The Labute approximate surface area is 444 Å². The van der Waals surface area contributed by atoms with Crippen LogP contribution < -0.4 is 43.0 Å². The Morgan fingerprint density at radius 3 is 2.23 bits per heavy atom. The fourth-order valence-corrected chi connectivity index (χ4v) is 11.3. The Morgan fingerprint density at radius 1 is 0.840 bits per heavy atom. The zero-order valence-electron chi connectivity index (χ0n) is 43.3. The van der Waals surface area contributed by atoms with E-state index in [0.29, 0.717) is 36.9 Å². The number of nitrogens with one attached hydrogen (secondary N) is 8. The number of ketones is 1. The molecule has 2 aromatic carbocycles. The minimum atomic E-state index is -1.35. The van der Waals surface area contributed by atoms with Crippen molar-refractivity contribution in [3.8, 4) is 5.75 Å². The first kappa shape index (κ1) is 59.3. The summed E-state index contributed by atoms with van der Waals surface area (Å²) >= 11 is 0. The van der Waals surface area contributed by atoms with Gasteiger partial charge >= 0.3 is 0 Å². The summed E-state index contributed by atoms with van der Waals surface area (Å²) in [7, 11) is 2.45. The van der Waals surface area contributed by atoms with Crippen molar-refractivity contribution in [1.29, 1.82) is 0 Å². The Balaban J connectivity index is 1.45. The molecule has 3 heterocycles. The normalized spacial score (nSPS) is 22.0. The minimum absolute atomic E-state index is 0.00217. The van der Waals surface area contributed by atoms with Gasteiger partial charge in [-0.3, -0.25) is 43.2 Å². The zero-order chi connectivity index (χ0) is 54.9. The van der Waals surface area contributed by atoms with Crippen molar-refractivity contribution in [2.45, 2.75) is 135 Å². The van der Waals surface area contributed by atoms with Crippen LogP contribution in [-0.4, -0.2) is 141 Å². The molecule has 1 unspecified atom stereocenters. The van der Waals surface area contributed by atoms with Gasteiger partial charge < -0.3 is 62.7 Å². The maximum absolute atomic E-state index is 14.7. The van der Waals surface area contributed by atoms with Crippen molar-refractivity contribution in [3.05, 3.63) is 65.9 Å². The van der Waals surface area contributed by atoms with E-state index in [1.54, 1.807) is 32.2 Å². The van der Waals surface area contributed by atoms with Crippen molar-refractivity contribution in [2.24, 2.45) is 23.5 Å². The smallest absolute Gasteiger partial charge is 0.244 e. The largest absolute Gasteiger partial charge is 0.508 e. The van der Waals surface area contributed by atoms with Crippen LogP contribution >= 0.6 is 21.6 Å². The van der Waals surface area contributed by atoms with Gasteiger partial charge in [0.25, 0.3) is 0 Å². The molecule has 3 aromatic rings. The average molecular weight is 1080 g/mol. The molecule has 9 amide bonds. The molecule has 2 aliphatic rings. The summed E-state index contributed by atoms with van der Waals surface area (Å²) < 4.78 is 0. The first-order chi connectivity index (χ1) is 35.6. The molecular formula is C52H72N10O11S2. The van der Waals surface area contributed by atoms with Crippen LogP contribution in [0.1, 0.15) is 91.2 Å². The Kier molecular flexibility index (Phi) is 22.4. The standard InChI is InChI=1S/C52H72N10O11S2/c1-7-29(4)44(51(72)57-37(45(53)66)19-14-31(6)63)61-48(69)40(23-33-24-54-36-12-9-8-11-35(33)36)58-49(70)41-27-75-74-26-30(5)52(73)62-20-10-13-42(62)50(71)59-39(22-32-15-17-34(64)18-16-32)46(67)55-25-43(65)56-38(21-28(2)3)47(68)60-41/h8-9,11-12,15-18,24,28-30,37-42,44,54,64H,7,10,13-14,19-23,25-27H2,1-6H3,(H2,53,66)(H,55,67)(H,56,65)(H,57,72)(H,58,70)(H,59,71)(H,60,68)(H,61,69)/t29?,30-,37-,38-,39-,40-,41-,42-,44-/m0/s1. The number of hydrogen-bond acceptors (Lipinski definition) is 13. The predicted molar refractivity (Wildman–Crippen MR) is 285 cm³/mol. The van der Waals surface area contributed by atoms with Gasteiger partial charge in [0.2, 0.25) is 53.2 Å². The number of amides is 9. The quantitative estimate of drug-likeness (QED) is 0.0812. The summed E-state index contributed by atoms with van der Waals surface area (Å²) in [6, 6.07) is 5.05. The van der Waals surface area contributed by atoms with Crippen LogP contribution in [0.25, 0.3) is 10.9 Å². The van der Waals surface area contributed by atoms with Gasteiger partial charge in [0.05, 0.1) is 6.54 Å². The van der Waals surface area contributed by atoms with Crippen LogP contribution in [0.3, 0.4) is 0 Å². The highest BCUT2D eigenvalue weighted by atomic mass is 33.1. The third kappa shape index (κ3) is 17.5. The number of H-pyrrole nitrogens is 1. The summed E-state index contributed by atoms with van der Waals surface area (Å²) in [5.74, 6) is -7.40. The number of nitrogens with zero attached hydrogens (tertiary/aromatic N) is 1. The van der Waals surface area contributed by atoms with Crippen molar-refractivity contribution in [3.63, 3.8) is 0 Å². The summed E-state index contributed by atoms with van der Waals surface area (Å²) in [5, 5.41) is 29.7. The molecule has 5 rings (SSSR count). The summed E-state index contributed by atoms with van der Waals surface area (Å²) in [5.41, 5.74) is 7.60. The number of Topliss-reactive ketones (excluding diaryl/α,β-unsaturated/α-hetero) is 1. The number of aromatic amines is 1. The lowest BCUT2D eigenvalue weighted by atomic mass is 9.96. The van der Waals surface area contributed by atoms with Crippen molar-refractivity contribution in [2.75, 3.05) is 24.6 Å². The van der Waals surface area contributed by atoms with Crippen molar-refractivity contribution in [1.82, 2.24) is 47.1 Å². The number of carbonyl (C=O) groups is 10. The summed E-state index contributed by atoms with van der Waals surface area (Å²) in [4.78, 5) is 142. The molecular weight excluding hydrogens is 1000 g/mol. The second-order valence-electron chi connectivity index (χ2n) is 19.8. The molecule has 408 valence electrons. The summed E-state index contributed by atoms with van der Waals surface area (Å²) in [6.07, 6.45) is 2.98. The Morgan fingerprint density at radius 2 is 1.55 bits per heavy atom. The van der Waals surface area contributed by atoms with Crippen LogP contribution in [0.2, 0.25) is 0 Å². The molecule has 0 bridgehead atoms. The third-order valence-corrected chi connectivity index (χ3v) is 15.9. The van der Waals surface area contributed by atoms with Crippen LogP contribution in [-0.2, 0) is 60.8 Å². The van der Waals surface area contributed by atoms with E-state index < -0.39 is 108 Å². The first-order valence-corrected chi connectivity index (χ1v) is 27.9. The maximum Gasteiger partial charge on any atom is 0.244 e. The van der Waals surface area contributed by atoms with Gasteiger partial charge in [0.1, 0.15) is 53.8 Å². The molecule has 11 N–H and O–H groups in total. The molecule has 0 saturated carbocycles. The van der Waals surface area contributed by atoms with E-state index in [1.807, 2.05) is 45.0 Å². The molecule has 0 aliphatic carbocycles. The second-order valence-corrected chi connectivity index (χ2v) is 22.4. The highest BCUT2D eigenvalue weighted by molar-refractivity contribution is 8.76. The molecule has 2 fully saturated rings. The van der Waals surface area contributed by atoms with E-state index in [-0.39, 0.29) is 67.0 Å². The number of hydrogen-bond donors (Lipinski definition) is 10. The van der Waals surface area contributed by atoms with Gasteiger partial charge in [-0.25, -0.2) is 0 Å². The van der Waals surface area contributed by atoms with E-state index in [0.717, 1.165) is 10.9 Å². The van der Waals surface area contributed by atoms with Crippen molar-refractivity contribution >= 4 is 91.4 Å². The Hall–Kier alpha value is -6.62. The van der Waals surface area contributed by atoms with E-state index in [2.05, 4.69) is 42.2 Å². The topological polar surface area (TPSA) is 320 Å². The Bertz CT molecular complexity index is 2540. The number of para-hydroxylation sites is 1. The number of aromatic hydroxyl groups is 1. The number of aromatic nitrogens is 1. The SMILES string of the molecule is CCC(C)[C@H](NC(=O)[C@H](Cc1c[nH]c2ccccc12)NC(=O)[C@@H]1CSSC[C@H](C)C(=O)N2CCC[C@H]2C(=O)N[C@@H](Cc2ccc(O)cc2)C(=O)NCC(=O)N[C@@H](CC(C)C)C(=O)N1)C(=O)N[C@@H](CCC(C)=O)C(N)=O. The van der Waals surface area contributed by atoms with Gasteiger partial charge in [-0.1, -0.05) is 93.0 Å². The molecule has 2 aliphatic heterocycles. The molecule has 9 atom stereocenters. The number of benzene rings is 2.